The van der Waals surface area contributed by atoms with E-state index in [9.17, 15) is 14.4 Å². The third kappa shape index (κ3) is 6.05. The fourth-order valence-electron chi connectivity index (χ4n) is 1.80. The van der Waals surface area contributed by atoms with E-state index in [1.165, 1.54) is 6.92 Å². The van der Waals surface area contributed by atoms with E-state index >= 15 is 0 Å². The number of rotatable bonds is 8. The number of benzene rings is 1. The fourth-order valence-corrected chi connectivity index (χ4v) is 1.80. The summed E-state index contributed by atoms with van der Waals surface area (Å²) in [5, 5.41) is 22.5. The van der Waals surface area contributed by atoms with Crippen molar-refractivity contribution in [3.63, 3.8) is 0 Å². The highest BCUT2D eigenvalue weighted by Crippen LogP contribution is 2.04. The van der Waals surface area contributed by atoms with E-state index in [-0.39, 0.29) is 6.42 Å². The lowest BCUT2D eigenvalue weighted by Crippen LogP contribution is -2.55. The molecule has 0 radical (unpaired) electrons. The second-order valence-corrected chi connectivity index (χ2v) is 5.11. The standard InChI is InChI=1S/C15H21N3O5/c1-9(15(22)23)17-14(21)12(18-13(20)11(16)8-19)7-10-5-3-2-4-6-10/h2-6,9,11-12,19H,7-8,16H2,1H3,(H,17,21)(H,18,20)(H,22,23)/t9-,11-,12-/m0/s1. The van der Waals surface area contributed by atoms with Crippen LogP contribution < -0.4 is 16.4 Å². The van der Waals surface area contributed by atoms with Gasteiger partial charge in [-0.1, -0.05) is 30.3 Å². The summed E-state index contributed by atoms with van der Waals surface area (Å²) in [6, 6.07) is 5.69. The van der Waals surface area contributed by atoms with Gasteiger partial charge < -0.3 is 26.6 Å². The van der Waals surface area contributed by atoms with Crippen molar-refractivity contribution in [3.05, 3.63) is 35.9 Å². The quantitative estimate of drug-likeness (QED) is 0.399. The molecule has 2 amide bonds. The van der Waals surface area contributed by atoms with Gasteiger partial charge >= 0.3 is 5.97 Å². The molecular formula is C15H21N3O5. The molecule has 1 aromatic rings. The number of carboxylic acids is 1. The van der Waals surface area contributed by atoms with Crippen LogP contribution in [0.3, 0.4) is 0 Å². The predicted octanol–water partition coefficient (Wildman–Crippen LogP) is -1.38. The van der Waals surface area contributed by atoms with Gasteiger partial charge in [0.15, 0.2) is 0 Å². The maximum Gasteiger partial charge on any atom is 0.325 e. The summed E-state index contributed by atoms with van der Waals surface area (Å²) in [4.78, 5) is 34.9. The average molecular weight is 323 g/mol. The number of nitrogens with one attached hydrogen (secondary N) is 2. The van der Waals surface area contributed by atoms with Gasteiger partial charge in [0.1, 0.15) is 18.1 Å². The van der Waals surface area contributed by atoms with Crippen LogP contribution in [0.15, 0.2) is 30.3 Å². The van der Waals surface area contributed by atoms with Crippen LogP contribution >= 0.6 is 0 Å². The lowest BCUT2D eigenvalue weighted by molar-refractivity contribution is -0.141. The van der Waals surface area contributed by atoms with Crippen LogP contribution in [0.25, 0.3) is 0 Å². The van der Waals surface area contributed by atoms with Gasteiger partial charge in [-0.3, -0.25) is 14.4 Å². The Balaban J connectivity index is 2.84. The molecule has 0 fully saturated rings. The minimum Gasteiger partial charge on any atom is -0.480 e. The molecule has 0 saturated heterocycles. The maximum atomic E-state index is 12.2. The third-order valence-electron chi connectivity index (χ3n) is 3.18. The van der Waals surface area contributed by atoms with Crippen molar-refractivity contribution in [2.75, 3.05) is 6.61 Å². The first-order valence-corrected chi connectivity index (χ1v) is 7.09. The fraction of sp³-hybridized carbons (Fsp3) is 0.400. The SMILES string of the molecule is C[C@H](NC(=O)[C@H](Cc1ccccc1)NC(=O)[C@@H](N)CO)C(=O)O. The zero-order valence-electron chi connectivity index (χ0n) is 12.7. The number of hydrogen-bond donors (Lipinski definition) is 5. The van der Waals surface area contributed by atoms with Crippen molar-refractivity contribution in [3.8, 4) is 0 Å². The Morgan fingerprint density at radius 1 is 1.13 bits per heavy atom. The highest BCUT2D eigenvalue weighted by atomic mass is 16.4. The van der Waals surface area contributed by atoms with Gasteiger partial charge in [-0.05, 0) is 12.5 Å². The number of carboxylic acid groups (broad SMARTS) is 1. The Bertz CT molecular complexity index is 549. The van der Waals surface area contributed by atoms with Crippen LogP contribution in [0.1, 0.15) is 12.5 Å². The monoisotopic (exact) mass is 323 g/mol. The molecule has 6 N–H and O–H groups in total. The number of hydrogen-bond acceptors (Lipinski definition) is 5. The first-order chi connectivity index (χ1) is 10.8. The van der Waals surface area contributed by atoms with Gasteiger partial charge in [-0.25, -0.2) is 0 Å². The van der Waals surface area contributed by atoms with Crippen LogP contribution in [0.5, 0.6) is 0 Å². The molecular weight excluding hydrogens is 302 g/mol. The number of aliphatic hydroxyl groups is 1. The highest BCUT2D eigenvalue weighted by Gasteiger charge is 2.26. The molecule has 126 valence electrons. The number of aliphatic hydroxyl groups excluding tert-OH is 1. The summed E-state index contributed by atoms with van der Waals surface area (Å²) in [5.41, 5.74) is 6.21. The number of aliphatic carboxylic acids is 1. The van der Waals surface area contributed by atoms with Crippen LogP contribution in [-0.2, 0) is 20.8 Å². The van der Waals surface area contributed by atoms with Crippen molar-refractivity contribution >= 4 is 17.8 Å². The van der Waals surface area contributed by atoms with E-state index in [4.69, 9.17) is 15.9 Å². The molecule has 0 aromatic heterocycles. The van der Waals surface area contributed by atoms with E-state index < -0.39 is 42.5 Å². The summed E-state index contributed by atoms with van der Waals surface area (Å²) in [6.45, 7) is 0.762. The molecule has 1 aromatic carbocycles. The van der Waals surface area contributed by atoms with Crippen LogP contribution in [0.4, 0.5) is 0 Å². The Labute approximate surface area is 133 Å². The first-order valence-electron chi connectivity index (χ1n) is 7.09. The van der Waals surface area contributed by atoms with E-state index in [0.717, 1.165) is 5.56 Å². The minimum atomic E-state index is -1.19. The molecule has 0 aliphatic rings. The lowest BCUT2D eigenvalue weighted by atomic mass is 10.0. The van der Waals surface area contributed by atoms with Gasteiger partial charge in [0.05, 0.1) is 6.61 Å². The largest absolute Gasteiger partial charge is 0.480 e. The van der Waals surface area contributed by atoms with Gasteiger partial charge in [0.25, 0.3) is 0 Å². The molecule has 0 bridgehead atoms. The molecule has 8 heteroatoms. The van der Waals surface area contributed by atoms with E-state index in [0.29, 0.717) is 0 Å². The number of nitrogens with two attached hydrogens (primary N) is 1. The van der Waals surface area contributed by atoms with Gasteiger partial charge in [-0.15, -0.1) is 0 Å². The molecule has 1 rings (SSSR count). The average Bonchev–Trinajstić information content (AvgIpc) is 2.53. The zero-order chi connectivity index (χ0) is 17.4. The molecule has 0 spiro atoms. The van der Waals surface area contributed by atoms with Gasteiger partial charge in [0, 0.05) is 6.42 Å². The Kier molecular flexibility index (Phi) is 7.17. The van der Waals surface area contributed by atoms with E-state index in [2.05, 4.69) is 10.6 Å². The molecule has 0 heterocycles. The van der Waals surface area contributed by atoms with Crippen molar-refractivity contribution in [2.45, 2.75) is 31.5 Å². The highest BCUT2D eigenvalue weighted by molar-refractivity contribution is 5.91. The Morgan fingerprint density at radius 2 is 1.74 bits per heavy atom. The molecule has 23 heavy (non-hydrogen) atoms. The summed E-state index contributed by atoms with van der Waals surface area (Å²) in [6.07, 6.45) is 0.170. The van der Waals surface area contributed by atoms with E-state index in [1.807, 2.05) is 6.07 Å². The molecule has 3 atom stereocenters. The summed E-state index contributed by atoms with van der Waals surface area (Å²) >= 11 is 0. The number of carbonyl (C=O) groups excluding carboxylic acids is 2. The van der Waals surface area contributed by atoms with E-state index in [1.54, 1.807) is 24.3 Å². The van der Waals surface area contributed by atoms with Crippen molar-refractivity contribution in [2.24, 2.45) is 5.73 Å². The summed E-state index contributed by atoms with van der Waals surface area (Å²) in [7, 11) is 0. The second-order valence-electron chi connectivity index (χ2n) is 5.11. The minimum absolute atomic E-state index is 0.170. The molecule has 0 aliphatic carbocycles. The van der Waals surface area contributed by atoms with Crippen molar-refractivity contribution in [1.82, 2.24) is 10.6 Å². The van der Waals surface area contributed by atoms with Gasteiger partial charge in [-0.2, -0.15) is 0 Å². The second kappa shape index (κ2) is 8.86. The van der Waals surface area contributed by atoms with Crippen molar-refractivity contribution < 1.29 is 24.6 Å². The predicted molar refractivity (Wildman–Crippen MR) is 82.4 cm³/mol. The number of carbonyl (C=O) groups is 3. The van der Waals surface area contributed by atoms with Gasteiger partial charge in [0.2, 0.25) is 11.8 Å². The van der Waals surface area contributed by atoms with Crippen LogP contribution in [0, 0.1) is 0 Å². The maximum absolute atomic E-state index is 12.2. The third-order valence-corrected chi connectivity index (χ3v) is 3.18. The Morgan fingerprint density at radius 3 is 2.26 bits per heavy atom. The number of amides is 2. The molecule has 0 saturated carbocycles. The van der Waals surface area contributed by atoms with Crippen LogP contribution in [-0.4, -0.2) is 52.7 Å². The van der Waals surface area contributed by atoms with Crippen molar-refractivity contribution in [1.29, 1.82) is 0 Å². The summed E-state index contributed by atoms with van der Waals surface area (Å²) < 4.78 is 0. The first kappa shape index (κ1) is 18.6. The molecule has 0 unspecified atom stereocenters. The summed E-state index contributed by atoms with van der Waals surface area (Å²) in [5.74, 6) is -2.51. The smallest absolute Gasteiger partial charge is 0.325 e. The lowest BCUT2D eigenvalue weighted by Gasteiger charge is -2.21. The molecule has 0 aliphatic heterocycles. The molecule has 8 nitrogen and oxygen atoms in total. The Hall–Kier alpha value is -2.45. The topological polar surface area (TPSA) is 142 Å². The van der Waals surface area contributed by atoms with Crippen LogP contribution in [0.2, 0.25) is 0 Å². The normalized spacial score (nSPS) is 14.4. The zero-order valence-corrected chi connectivity index (χ0v) is 12.7.